The molecule has 7 heteroatoms. The van der Waals surface area contributed by atoms with Crippen LogP contribution in [0.15, 0.2) is 48.5 Å². The number of hydrogen-bond donors (Lipinski definition) is 1. The zero-order chi connectivity index (χ0) is 27.3. The Balaban J connectivity index is 1.48. The lowest BCUT2D eigenvalue weighted by molar-refractivity contribution is -0.137. The third-order valence-corrected chi connectivity index (χ3v) is 8.91. The first-order valence-electron chi connectivity index (χ1n) is 14.0. The molecule has 0 bridgehead atoms. The van der Waals surface area contributed by atoms with Gasteiger partial charge in [-0.25, -0.2) is 8.78 Å². The van der Waals surface area contributed by atoms with Gasteiger partial charge in [0.1, 0.15) is 12.0 Å². The molecule has 3 aliphatic rings. The van der Waals surface area contributed by atoms with Crippen molar-refractivity contribution in [1.82, 2.24) is 4.98 Å². The zero-order valence-electron chi connectivity index (χ0n) is 21.7. The summed E-state index contributed by atoms with van der Waals surface area (Å²) >= 11 is 0. The van der Waals surface area contributed by atoms with Gasteiger partial charge in [-0.2, -0.15) is 13.2 Å². The van der Waals surface area contributed by atoms with Crippen molar-refractivity contribution in [3.8, 4) is 11.1 Å². The van der Waals surface area contributed by atoms with Crippen molar-refractivity contribution in [1.29, 1.82) is 0 Å². The predicted octanol–water partition coefficient (Wildman–Crippen LogP) is 8.82. The van der Waals surface area contributed by atoms with Crippen LogP contribution in [0, 0.1) is 17.7 Å². The summed E-state index contributed by atoms with van der Waals surface area (Å²) in [4.78, 5) is 5.15. The van der Waals surface area contributed by atoms with Gasteiger partial charge >= 0.3 is 6.18 Å². The van der Waals surface area contributed by atoms with Crippen molar-refractivity contribution in [3.63, 3.8) is 0 Å². The van der Waals surface area contributed by atoms with E-state index >= 15 is 4.39 Å². The Bertz CT molecular complexity index is 1320. The highest BCUT2D eigenvalue weighted by Gasteiger charge is 2.40. The summed E-state index contributed by atoms with van der Waals surface area (Å²) < 4.78 is 69.2. The predicted molar refractivity (Wildman–Crippen MR) is 139 cm³/mol. The maximum atomic E-state index is 15.9. The van der Waals surface area contributed by atoms with Gasteiger partial charge in [-0.05, 0) is 96.9 Å². The maximum absolute atomic E-state index is 15.9. The summed E-state index contributed by atoms with van der Waals surface area (Å²) in [7, 11) is 0. The van der Waals surface area contributed by atoms with Gasteiger partial charge in [0.15, 0.2) is 0 Å². The van der Waals surface area contributed by atoms with Crippen molar-refractivity contribution >= 4 is 0 Å². The lowest BCUT2D eigenvalue weighted by Gasteiger charge is -2.33. The van der Waals surface area contributed by atoms with E-state index in [0.29, 0.717) is 34.9 Å². The minimum absolute atomic E-state index is 0.0804. The molecule has 2 saturated carbocycles. The summed E-state index contributed by atoms with van der Waals surface area (Å²) in [5.41, 5.74) is 3.85. The number of fused-ring (bicyclic) bond motifs is 1. The van der Waals surface area contributed by atoms with E-state index in [1.807, 2.05) is 0 Å². The number of alkyl halides is 4. The topological polar surface area (TPSA) is 33.1 Å². The molecule has 0 spiro atoms. The lowest BCUT2D eigenvalue weighted by atomic mass is 9.76. The lowest BCUT2D eigenvalue weighted by Crippen LogP contribution is -2.25. The van der Waals surface area contributed by atoms with Crippen LogP contribution in [-0.4, -0.2) is 10.1 Å². The van der Waals surface area contributed by atoms with Gasteiger partial charge in [-0.15, -0.1) is 0 Å². The van der Waals surface area contributed by atoms with E-state index in [-0.39, 0.29) is 23.7 Å². The van der Waals surface area contributed by atoms with E-state index in [1.165, 1.54) is 37.1 Å². The zero-order valence-corrected chi connectivity index (χ0v) is 21.7. The minimum Gasteiger partial charge on any atom is -0.388 e. The van der Waals surface area contributed by atoms with Crippen LogP contribution in [0.3, 0.4) is 0 Å². The smallest absolute Gasteiger partial charge is 0.388 e. The molecule has 39 heavy (non-hydrogen) atoms. The fourth-order valence-electron chi connectivity index (χ4n) is 6.75. The van der Waals surface area contributed by atoms with Gasteiger partial charge in [-0.1, -0.05) is 37.1 Å². The first-order valence-corrected chi connectivity index (χ1v) is 14.0. The Hall–Kier alpha value is -2.80. The number of aliphatic hydroxyl groups is 1. The van der Waals surface area contributed by atoms with E-state index in [9.17, 15) is 22.7 Å². The Morgan fingerprint density at radius 3 is 2.18 bits per heavy atom. The average molecular weight is 542 g/mol. The molecule has 1 N–H and O–H groups in total. The summed E-state index contributed by atoms with van der Waals surface area (Å²) in [6.45, 7) is 0. The number of aliphatic hydroxyl groups excluding tert-OH is 1. The number of halogens is 5. The minimum atomic E-state index is -4.49. The highest BCUT2D eigenvalue weighted by Crippen LogP contribution is 2.50. The maximum Gasteiger partial charge on any atom is 0.416 e. The van der Waals surface area contributed by atoms with Crippen LogP contribution in [-0.2, 0) is 19.0 Å². The monoisotopic (exact) mass is 541 g/mol. The molecule has 0 saturated heterocycles. The van der Waals surface area contributed by atoms with Gasteiger partial charge in [0.2, 0.25) is 0 Å². The van der Waals surface area contributed by atoms with E-state index < -0.39 is 24.0 Å². The van der Waals surface area contributed by atoms with Crippen LogP contribution < -0.4 is 0 Å². The van der Waals surface area contributed by atoms with Crippen molar-refractivity contribution < 1.29 is 27.1 Å². The highest BCUT2D eigenvalue weighted by atomic mass is 19.4. The molecule has 0 aliphatic heterocycles. The van der Waals surface area contributed by atoms with Crippen LogP contribution in [0.4, 0.5) is 22.0 Å². The molecule has 2 aromatic carbocycles. The summed E-state index contributed by atoms with van der Waals surface area (Å²) in [6.07, 6.45) is 0.815. The number of rotatable bonds is 6. The quantitative estimate of drug-likeness (QED) is 0.316. The van der Waals surface area contributed by atoms with E-state index in [0.717, 1.165) is 61.2 Å². The summed E-state index contributed by atoms with van der Waals surface area (Å²) in [5.74, 6) is 0.738. The molecule has 0 radical (unpaired) electrons. The van der Waals surface area contributed by atoms with Gasteiger partial charge < -0.3 is 5.11 Å². The number of hydrogen-bond acceptors (Lipinski definition) is 2. The molecule has 206 valence electrons. The molecule has 3 aromatic rings. The second-order valence-electron chi connectivity index (χ2n) is 11.5. The number of benzene rings is 2. The first kappa shape index (κ1) is 26.4. The van der Waals surface area contributed by atoms with Crippen molar-refractivity contribution in [2.75, 3.05) is 0 Å². The molecule has 6 rings (SSSR count). The number of aromatic nitrogens is 1. The second-order valence-corrected chi connectivity index (χ2v) is 11.5. The van der Waals surface area contributed by atoms with Crippen molar-refractivity contribution in [2.45, 2.75) is 82.2 Å². The standard InChI is InChI=1S/C32H32F5NO/c33-24-13-9-20(10-14-24)29-25(17-26(34)19-7-11-23(12-8-19)32(35,36)37)31(21-3-1-2-4-21)38-27-15-22(18-5-6-18)16-28(39)30(27)29/h7-14,18,21-22,26,28,39H,1-6,15-17H2. The Morgan fingerprint density at radius 1 is 0.897 bits per heavy atom. The van der Waals surface area contributed by atoms with E-state index in [2.05, 4.69) is 0 Å². The Labute approximate surface area is 225 Å². The normalized spacial score (nSPS) is 22.6. The van der Waals surface area contributed by atoms with E-state index in [4.69, 9.17) is 4.98 Å². The molecule has 1 heterocycles. The molecule has 0 amide bonds. The van der Waals surface area contributed by atoms with Gasteiger partial charge in [0.05, 0.1) is 11.7 Å². The second kappa shape index (κ2) is 10.3. The largest absolute Gasteiger partial charge is 0.416 e. The van der Waals surface area contributed by atoms with Crippen molar-refractivity contribution in [2.24, 2.45) is 11.8 Å². The molecule has 2 fully saturated rings. The fourth-order valence-corrected chi connectivity index (χ4v) is 6.75. The molecule has 3 aliphatic carbocycles. The van der Waals surface area contributed by atoms with Gasteiger partial charge in [-0.3, -0.25) is 4.98 Å². The Morgan fingerprint density at radius 2 is 1.56 bits per heavy atom. The third-order valence-electron chi connectivity index (χ3n) is 8.91. The van der Waals surface area contributed by atoms with Crippen LogP contribution in [0.25, 0.3) is 11.1 Å². The van der Waals surface area contributed by atoms with Gasteiger partial charge in [0, 0.05) is 29.3 Å². The number of pyridine rings is 1. The first-order chi connectivity index (χ1) is 18.7. The van der Waals surface area contributed by atoms with E-state index in [1.54, 1.807) is 12.1 Å². The van der Waals surface area contributed by atoms with Crippen molar-refractivity contribution in [3.05, 3.63) is 88.0 Å². The fraction of sp³-hybridized carbons (Fsp3) is 0.469. The summed E-state index contributed by atoms with van der Waals surface area (Å²) in [5, 5.41) is 11.4. The number of nitrogens with zero attached hydrogens (tertiary/aromatic N) is 1. The van der Waals surface area contributed by atoms with Crippen LogP contribution >= 0.6 is 0 Å². The average Bonchev–Trinajstić information content (AvgIpc) is 3.62. The van der Waals surface area contributed by atoms with Crippen LogP contribution in [0.5, 0.6) is 0 Å². The van der Waals surface area contributed by atoms with Crippen LogP contribution in [0.2, 0.25) is 0 Å². The highest BCUT2D eigenvalue weighted by molar-refractivity contribution is 5.74. The molecular formula is C32H32F5NO. The molecule has 3 atom stereocenters. The molecule has 3 unspecified atom stereocenters. The Kier molecular flexibility index (Phi) is 6.98. The molecule has 1 aromatic heterocycles. The molecule has 2 nitrogen and oxygen atoms in total. The van der Waals surface area contributed by atoms with Crippen LogP contribution in [0.1, 0.15) is 96.8 Å². The SMILES string of the molecule is OC1CC(C2CC2)Cc2nc(C3CCCC3)c(CC(F)c3ccc(C(F)(F)F)cc3)c(-c3ccc(F)cc3)c21. The molecular weight excluding hydrogens is 509 g/mol. The van der Waals surface area contributed by atoms with Gasteiger partial charge in [0.25, 0.3) is 0 Å². The summed E-state index contributed by atoms with van der Waals surface area (Å²) in [6, 6.07) is 10.3. The third kappa shape index (κ3) is 5.34.